The molecule has 0 spiro atoms. The van der Waals surface area contributed by atoms with Gasteiger partial charge in [0.25, 0.3) is 0 Å². The molecule has 0 aliphatic carbocycles. The van der Waals surface area contributed by atoms with Crippen molar-refractivity contribution in [3.05, 3.63) is 28.2 Å². The Bertz CT molecular complexity index is 513. The SMILES string of the molecule is CCS(=O)(=O)Nc1cc(Br)cc(C(F)(F)F)c1. The summed E-state index contributed by atoms with van der Waals surface area (Å²) in [5, 5.41) is 0. The zero-order chi connectivity index (χ0) is 13.3. The number of anilines is 1. The quantitative estimate of drug-likeness (QED) is 0.924. The Balaban J connectivity index is 3.15. The van der Waals surface area contributed by atoms with E-state index in [0.717, 1.165) is 12.1 Å². The lowest BCUT2D eigenvalue weighted by atomic mass is 10.2. The highest BCUT2D eigenvalue weighted by atomic mass is 79.9. The molecule has 17 heavy (non-hydrogen) atoms. The molecule has 1 rings (SSSR count). The van der Waals surface area contributed by atoms with Gasteiger partial charge in [-0.3, -0.25) is 4.72 Å². The first-order valence-corrected chi connectivity index (χ1v) is 6.97. The molecule has 0 atom stereocenters. The summed E-state index contributed by atoms with van der Waals surface area (Å²) >= 11 is 2.90. The number of halogens is 4. The summed E-state index contributed by atoms with van der Waals surface area (Å²) in [5.74, 6) is -0.207. The van der Waals surface area contributed by atoms with Gasteiger partial charge in [-0.05, 0) is 25.1 Å². The van der Waals surface area contributed by atoms with Crippen LogP contribution in [0.5, 0.6) is 0 Å². The first kappa shape index (κ1) is 14.3. The van der Waals surface area contributed by atoms with Crippen LogP contribution in [0, 0.1) is 0 Å². The Kier molecular flexibility index (Phi) is 4.08. The van der Waals surface area contributed by atoms with Gasteiger partial charge in [0, 0.05) is 4.47 Å². The Morgan fingerprint density at radius 2 is 1.88 bits per heavy atom. The summed E-state index contributed by atoms with van der Waals surface area (Å²) < 4.78 is 62.1. The van der Waals surface area contributed by atoms with Gasteiger partial charge >= 0.3 is 6.18 Å². The van der Waals surface area contributed by atoms with Crippen LogP contribution in [0.1, 0.15) is 12.5 Å². The van der Waals surface area contributed by atoms with Crippen molar-refractivity contribution < 1.29 is 21.6 Å². The highest BCUT2D eigenvalue weighted by Crippen LogP contribution is 2.33. The van der Waals surface area contributed by atoms with Gasteiger partial charge in [0.15, 0.2) is 0 Å². The first-order chi connectivity index (χ1) is 7.64. The fourth-order valence-electron chi connectivity index (χ4n) is 1.06. The van der Waals surface area contributed by atoms with Crippen LogP contribution >= 0.6 is 15.9 Å². The summed E-state index contributed by atoms with van der Waals surface area (Å²) in [6.07, 6.45) is -4.52. The maximum Gasteiger partial charge on any atom is 0.416 e. The average molecular weight is 332 g/mol. The summed E-state index contributed by atoms with van der Waals surface area (Å²) in [7, 11) is -3.59. The Morgan fingerprint density at radius 3 is 2.35 bits per heavy atom. The number of benzene rings is 1. The first-order valence-electron chi connectivity index (χ1n) is 4.52. The molecule has 0 aliphatic rings. The van der Waals surface area contributed by atoms with Crippen LogP contribution in [0.2, 0.25) is 0 Å². The minimum atomic E-state index is -4.52. The van der Waals surface area contributed by atoms with E-state index in [1.807, 2.05) is 0 Å². The number of sulfonamides is 1. The molecule has 1 aromatic carbocycles. The fourth-order valence-corrected chi connectivity index (χ4v) is 2.18. The van der Waals surface area contributed by atoms with Crippen molar-refractivity contribution in [2.24, 2.45) is 0 Å². The molecule has 0 aliphatic heterocycles. The minimum absolute atomic E-state index is 0.117. The normalized spacial score (nSPS) is 12.5. The molecular weight excluding hydrogens is 323 g/mol. The van der Waals surface area contributed by atoms with Crippen LogP contribution in [-0.2, 0) is 16.2 Å². The monoisotopic (exact) mass is 331 g/mol. The predicted molar refractivity (Wildman–Crippen MR) is 62.2 cm³/mol. The molecule has 3 nitrogen and oxygen atoms in total. The van der Waals surface area contributed by atoms with E-state index in [1.54, 1.807) is 0 Å². The van der Waals surface area contributed by atoms with Crippen LogP contribution < -0.4 is 4.72 Å². The zero-order valence-corrected chi connectivity index (χ0v) is 11.1. The lowest BCUT2D eigenvalue weighted by molar-refractivity contribution is -0.137. The second-order valence-corrected chi connectivity index (χ2v) is 6.16. The fraction of sp³-hybridized carbons (Fsp3) is 0.333. The molecular formula is C9H9BrF3NO2S. The second kappa shape index (κ2) is 4.85. The van der Waals surface area contributed by atoms with E-state index in [2.05, 4.69) is 20.7 Å². The molecule has 0 amide bonds. The van der Waals surface area contributed by atoms with Crippen molar-refractivity contribution in [3.63, 3.8) is 0 Å². The smallest absolute Gasteiger partial charge is 0.284 e. The van der Waals surface area contributed by atoms with Crippen LogP contribution in [0.3, 0.4) is 0 Å². The molecule has 96 valence electrons. The van der Waals surface area contributed by atoms with E-state index in [-0.39, 0.29) is 15.9 Å². The number of rotatable bonds is 3. The Hall–Kier alpha value is -0.760. The molecule has 0 fully saturated rings. The van der Waals surface area contributed by atoms with Crippen molar-refractivity contribution in [2.45, 2.75) is 13.1 Å². The highest BCUT2D eigenvalue weighted by molar-refractivity contribution is 9.10. The number of alkyl halides is 3. The lowest BCUT2D eigenvalue weighted by Gasteiger charge is -2.11. The molecule has 0 heterocycles. The third-order valence-corrected chi connectivity index (χ3v) is 3.64. The van der Waals surface area contributed by atoms with E-state index >= 15 is 0 Å². The molecule has 1 N–H and O–H groups in total. The van der Waals surface area contributed by atoms with Gasteiger partial charge in [-0.2, -0.15) is 13.2 Å². The van der Waals surface area contributed by atoms with E-state index in [9.17, 15) is 21.6 Å². The van der Waals surface area contributed by atoms with Gasteiger partial charge in [0.1, 0.15) is 0 Å². The summed E-state index contributed by atoms with van der Waals surface area (Å²) in [5.41, 5.74) is -1.03. The van der Waals surface area contributed by atoms with Gasteiger partial charge in [-0.15, -0.1) is 0 Å². The van der Waals surface area contributed by atoms with E-state index < -0.39 is 21.8 Å². The van der Waals surface area contributed by atoms with Crippen LogP contribution in [0.15, 0.2) is 22.7 Å². The average Bonchev–Trinajstić information content (AvgIpc) is 2.14. The van der Waals surface area contributed by atoms with E-state index in [4.69, 9.17) is 0 Å². The summed E-state index contributed by atoms with van der Waals surface area (Å²) in [4.78, 5) is 0. The lowest BCUT2D eigenvalue weighted by Crippen LogP contribution is -2.15. The second-order valence-electron chi connectivity index (χ2n) is 3.23. The van der Waals surface area contributed by atoms with Gasteiger partial charge in [0.2, 0.25) is 10.0 Å². The van der Waals surface area contributed by atoms with Crippen LogP contribution in [0.4, 0.5) is 18.9 Å². The van der Waals surface area contributed by atoms with Crippen molar-refractivity contribution in [2.75, 3.05) is 10.5 Å². The largest absolute Gasteiger partial charge is 0.416 e. The van der Waals surface area contributed by atoms with Crippen molar-refractivity contribution in [1.82, 2.24) is 0 Å². The van der Waals surface area contributed by atoms with Gasteiger partial charge in [-0.25, -0.2) is 8.42 Å². The topological polar surface area (TPSA) is 46.2 Å². The van der Waals surface area contributed by atoms with Gasteiger partial charge in [-0.1, -0.05) is 15.9 Å². The van der Waals surface area contributed by atoms with Gasteiger partial charge in [0.05, 0.1) is 17.0 Å². The van der Waals surface area contributed by atoms with Crippen molar-refractivity contribution in [1.29, 1.82) is 0 Å². The molecule has 1 aromatic rings. The maximum absolute atomic E-state index is 12.5. The Labute approximate surface area is 105 Å². The molecule has 0 saturated carbocycles. The molecule has 0 unspecified atom stereocenters. The van der Waals surface area contributed by atoms with Crippen molar-refractivity contribution >= 4 is 31.6 Å². The van der Waals surface area contributed by atoms with Crippen LogP contribution in [0.25, 0.3) is 0 Å². The molecule has 8 heteroatoms. The molecule has 0 radical (unpaired) electrons. The molecule has 0 aromatic heterocycles. The maximum atomic E-state index is 12.5. The van der Waals surface area contributed by atoms with E-state index in [1.165, 1.54) is 13.0 Å². The summed E-state index contributed by atoms with van der Waals surface area (Å²) in [6.45, 7) is 1.39. The van der Waals surface area contributed by atoms with E-state index in [0.29, 0.717) is 0 Å². The minimum Gasteiger partial charge on any atom is -0.284 e. The third kappa shape index (κ3) is 4.19. The summed E-state index contributed by atoms with van der Waals surface area (Å²) in [6, 6.07) is 2.89. The highest BCUT2D eigenvalue weighted by Gasteiger charge is 2.31. The van der Waals surface area contributed by atoms with Crippen molar-refractivity contribution in [3.8, 4) is 0 Å². The van der Waals surface area contributed by atoms with Gasteiger partial charge < -0.3 is 0 Å². The standard InChI is InChI=1S/C9H9BrF3NO2S/c1-2-17(15,16)14-8-4-6(9(11,12)13)3-7(10)5-8/h3-5,14H,2H2,1H3. The van der Waals surface area contributed by atoms with Crippen LogP contribution in [-0.4, -0.2) is 14.2 Å². The third-order valence-electron chi connectivity index (χ3n) is 1.88. The molecule has 0 saturated heterocycles. The Morgan fingerprint density at radius 1 is 1.29 bits per heavy atom. The molecule has 0 bridgehead atoms. The predicted octanol–water partition coefficient (Wildman–Crippen LogP) is 3.23. The number of hydrogen-bond acceptors (Lipinski definition) is 2. The number of nitrogens with one attached hydrogen (secondary N) is 1. The zero-order valence-electron chi connectivity index (χ0n) is 8.68. The number of hydrogen-bond donors (Lipinski definition) is 1.